The van der Waals surface area contributed by atoms with Gasteiger partial charge in [0.2, 0.25) is 0 Å². The van der Waals surface area contributed by atoms with Crippen molar-refractivity contribution in [3.05, 3.63) is 38.9 Å². The van der Waals surface area contributed by atoms with Gasteiger partial charge in [-0.25, -0.2) is 0 Å². The lowest BCUT2D eigenvalue weighted by Gasteiger charge is -2.10. The fraction of sp³-hybridized carbons (Fsp3) is 0.333. The van der Waals surface area contributed by atoms with Crippen LogP contribution in [0, 0.1) is 21.4 Å². The van der Waals surface area contributed by atoms with E-state index < -0.39 is 22.6 Å². The predicted molar refractivity (Wildman–Crippen MR) is 69.9 cm³/mol. The summed E-state index contributed by atoms with van der Waals surface area (Å²) in [5.41, 5.74) is -0.594. The second kappa shape index (κ2) is 6.71. The fourth-order valence-electron chi connectivity index (χ4n) is 1.58. The molecule has 1 unspecified atom stereocenters. The average Bonchev–Trinajstić information content (AvgIpc) is 2.37. The molecule has 0 aliphatic rings. The van der Waals surface area contributed by atoms with E-state index in [0.29, 0.717) is 6.42 Å². The van der Waals surface area contributed by atoms with Crippen LogP contribution in [0.15, 0.2) is 18.2 Å². The van der Waals surface area contributed by atoms with E-state index in [1.165, 1.54) is 18.2 Å². The Morgan fingerprint density at radius 1 is 1.63 bits per heavy atom. The molecule has 100 valence electrons. The molecule has 0 radical (unpaired) electrons. The topological polar surface area (TPSA) is 96.0 Å². The first-order valence-corrected chi connectivity index (χ1v) is 6.02. The lowest BCUT2D eigenvalue weighted by atomic mass is 10.1. The van der Waals surface area contributed by atoms with Crippen molar-refractivity contribution in [2.75, 3.05) is 0 Å². The molecule has 0 heterocycles. The van der Waals surface area contributed by atoms with Gasteiger partial charge in [-0.05, 0) is 18.6 Å². The van der Waals surface area contributed by atoms with Crippen LogP contribution < -0.4 is 5.32 Å². The number of carbonyl (C=O) groups excluding carboxylic acids is 1. The number of benzene rings is 1. The Hall–Kier alpha value is -2.13. The lowest BCUT2D eigenvalue weighted by Crippen LogP contribution is -2.34. The Bertz CT molecular complexity index is 540. The molecule has 6 nitrogen and oxygen atoms in total. The first-order valence-electron chi connectivity index (χ1n) is 5.64. The van der Waals surface area contributed by atoms with E-state index in [2.05, 4.69) is 5.32 Å². The quantitative estimate of drug-likeness (QED) is 0.663. The molecule has 0 saturated heterocycles. The van der Waals surface area contributed by atoms with Gasteiger partial charge in [0, 0.05) is 0 Å². The second-order valence-corrected chi connectivity index (χ2v) is 4.24. The third kappa shape index (κ3) is 3.66. The highest BCUT2D eigenvalue weighted by Gasteiger charge is 2.24. The van der Waals surface area contributed by atoms with E-state index in [4.69, 9.17) is 16.9 Å². The molecule has 0 fully saturated rings. The zero-order valence-corrected chi connectivity index (χ0v) is 11.0. The maximum Gasteiger partial charge on any atom is 0.300 e. The maximum absolute atomic E-state index is 11.9. The number of nitriles is 1. The van der Waals surface area contributed by atoms with Gasteiger partial charge in [-0.3, -0.25) is 14.9 Å². The fourth-order valence-corrected chi connectivity index (χ4v) is 1.82. The minimum atomic E-state index is -0.710. The Morgan fingerprint density at radius 3 is 2.84 bits per heavy atom. The molecule has 1 N–H and O–H groups in total. The Kier molecular flexibility index (Phi) is 5.27. The summed E-state index contributed by atoms with van der Waals surface area (Å²) in [6.07, 6.45) is 1.20. The molecule has 0 bridgehead atoms. The summed E-state index contributed by atoms with van der Waals surface area (Å²) in [6.45, 7) is 1.87. The summed E-state index contributed by atoms with van der Waals surface area (Å²) >= 11 is 5.71. The number of halogens is 1. The van der Waals surface area contributed by atoms with Crippen molar-refractivity contribution in [3.8, 4) is 6.07 Å². The summed E-state index contributed by atoms with van der Waals surface area (Å²) in [4.78, 5) is 22.1. The molecule has 0 aromatic heterocycles. The van der Waals surface area contributed by atoms with Crippen LogP contribution in [0.5, 0.6) is 0 Å². The zero-order chi connectivity index (χ0) is 14.4. The highest BCUT2D eigenvalue weighted by Crippen LogP contribution is 2.28. The van der Waals surface area contributed by atoms with E-state index in [1.54, 1.807) is 0 Å². The number of carbonyl (C=O) groups is 1. The maximum atomic E-state index is 11.9. The highest BCUT2D eigenvalue weighted by atomic mass is 35.5. The van der Waals surface area contributed by atoms with Gasteiger partial charge in [0.15, 0.2) is 0 Å². The van der Waals surface area contributed by atoms with Crippen molar-refractivity contribution < 1.29 is 9.72 Å². The van der Waals surface area contributed by atoms with Crippen LogP contribution in [0.2, 0.25) is 5.02 Å². The Labute approximate surface area is 115 Å². The molecule has 7 heteroatoms. The van der Waals surface area contributed by atoms with Gasteiger partial charge in [-0.2, -0.15) is 5.26 Å². The molecule has 0 saturated carbocycles. The van der Waals surface area contributed by atoms with E-state index in [1.807, 2.05) is 13.0 Å². The van der Waals surface area contributed by atoms with Crippen LogP contribution in [0.4, 0.5) is 5.69 Å². The number of nitrogens with zero attached hydrogens (tertiary/aromatic N) is 2. The molecule has 0 spiro atoms. The SMILES string of the molecule is CCCC(C#N)NC(=O)c1cccc(Cl)c1[N+](=O)[O-]. The van der Waals surface area contributed by atoms with Gasteiger partial charge >= 0.3 is 5.69 Å². The van der Waals surface area contributed by atoms with Crippen LogP contribution in [0.3, 0.4) is 0 Å². The van der Waals surface area contributed by atoms with Crippen LogP contribution in [-0.4, -0.2) is 16.9 Å². The highest BCUT2D eigenvalue weighted by molar-refractivity contribution is 6.33. The second-order valence-electron chi connectivity index (χ2n) is 3.84. The van der Waals surface area contributed by atoms with Gasteiger partial charge in [0.25, 0.3) is 5.91 Å². The first-order chi connectivity index (χ1) is 9.01. The molecule has 1 aromatic rings. The first kappa shape index (κ1) is 14.9. The largest absolute Gasteiger partial charge is 0.336 e. The van der Waals surface area contributed by atoms with E-state index in [0.717, 1.165) is 6.42 Å². The van der Waals surface area contributed by atoms with E-state index >= 15 is 0 Å². The van der Waals surface area contributed by atoms with Gasteiger partial charge in [-0.1, -0.05) is 31.0 Å². The van der Waals surface area contributed by atoms with E-state index in [9.17, 15) is 14.9 Å². The monoisotopic (exact) mass is 281 g/mol. The minimum absolute atomic E-state index is 0.110. The average molecular weight is 282 g/mol. The van der Waals surface area contributed by atoms with Crippen LogP contribution in [0.1, 0.15) is 30.1 Å². The van der Waals surface area contributed by atoms with Gasteiger partial charge in [0.05, 0.1) is 11.0 Å². The summed E-state index contributed by atoms with van der Waals surface area (Å²) in [5.74, 6) is -0.672. The zero-order valence-electron chi connectivity index (χ0n) is 10.2. The number of nitro benzene ring substituents is 1. The standard InChI is InChI=1S/C12H12ClN3O3/c1-2-4-8(7-14)15-12(17)9-5-3-6-10(13)11(9)16(18)19/h3,5-6,8H,2,4H2,1H3,(H,15,17). The number of nitro groups is 1. The summed E-state index contributed by atoms with van der Waals surface area (Å²) in [6, 6.07) is 5.35. The molecular weight excluding hydrogens is 270 g/mol. The minimum Gasteiger partial charge on any atom is -0.336 e. The number of hydrogen-bond donors (Lipinski definition) is 1. The molecule has 0 aliphatic heterocycles. The number of amides is 1. The predicted octanol–water partition coefficient (Wildman–Crippen LogP) is 2.67. The molecule has 19 heavy (non-hydrogen) atoms. The molecule has 1 amide bonds. The van der Waals surface area contributed by atoms with E-state index in [-0.39, 0.29) is 10.6 Å². The Balaban J connectivity index is 3.04. The lowest BCUT2D eigenvalue weighted by molar-refractivity contribution is -0.385. The van der Waals surface area contributed by atoms with Crippen LogP contribution in [-0.2, 0) is 0 Å². The number of nitrogens with one attached hydrogen (secondary N) is 1. The van der Waals surface area contributed by atoms with Crippen LogP contribution in [0.25, 0.3) is 0 Å². The molecule has 0 aliphatic carbocycles. The van der Waals surface area contributed by atoms with Crippen molar-refractivity contribution in [3.63, 3.8) is 0 Å². The van der Waals surface area contributed by atoms with Gasteiger partial charge < -0.3 is 5.32 Å². The number of para-hydroxylation sites is 1. The van der Waals surface area contributed by atoms with Crippen molar-refractivity contribution >= 4 is 23.2 Å². The number of hydrogen-bond acceptors (Lipinski definition) is 4. The summed E-state index contributed by atoms with van der Waals surface area (Å²) < 4.78 is 0. The summed E-state index contributed by atoms with van der Waals surface area (Å²) in [5, 5.41) is 22.1. The number of rotatable bonds is 5. The van der Waals surface area contributed by atoms with Gasteiger partial charge in [0.1, 0.15) is 16.6 Å². The van der Waals surface area contributed by atoms with Crippen molar-refractivity contribution in [2.24, 2.45) is 0 Å². The molecule has 1 rings (SSSR count). The molecule has 1 atom stereocenters. The molecular formula is C12H12ClN3O3. The van der Waals surface area contributed by atoms with Crippen molar-refractivity contribution in [1.29, 1.82) is 5.26 Å². The summed E-state index contributed by atoms with van der Waals surface area (Å²) in [7, 11) is 0. The van der Waals surface area contributed by atoms with Crippen molar-refractivity contribution in [1.82, 2.24) is 5.32 Å². The third-order valence-corrected chi connectivity index (χ3v) is 2.76. The van der Waals surface area contributed by atoms with Crippen molar-refractivity contribution in [2.45, 2.75) is 25.8 Å². The smallest absolute Gasteiger partial charge is 0.300 e. The third-order valence-electron chi connectivity index (χ3n) is 2.45. The van der Waals surface area contributed by atoms with Crippen LogP contribution >= 0.6 is 11.6 Å². The van der Waals surface area contributed by atoms with Gasteiger partial charge in [-0.15, -0.1) is 0 Å². The Morgan fingerprint density at radius 2 is 2.32 bits per heavy atom. The molecule has 1 aromatic carbocycles. The normalized spacial score (nSPS) is 11.4.